The van der Waals surface area contributed by atoms with Crippen molar-refractivity contribution in [2.45, 2.75) is 6.18 Å². The van der Waals surface area contributed by atoms with Crippen LogP contribution in [0.3, 0.4) is 0 Å². The van der Waals surface area contributed by atoms with Gasteiger partial charge in [-0.2, -0.15) is 13.2 Å². The Morgan fingerprint density at radius 2 is 1.93 bits per heavy atom. The highest BCUT2D eigenvalue weighted by Gasteiger charge is 2.27. The standard InChI is InChI=1S/C8H13F3N2OS/c9-8(10,11)6-15-5-7(14)13-3-1-12-2-4-13/h12H,1-6H2. The van der Waals surface area contributed by atoms with Crippen LogP contribution >= 0.6 is 11.8 Å². The molecule has 0 bridgehead atoms. The molecule has 1 heterocycles. The van der Waals surface area contributed by atoms with Gasteiger partial charge in [-0.15, -0.1) is 11.8 Å². The van der Waals surface area contributed by atoms with E-state index in [1.165, 1.54) is 0 Å². The van der Waals surface area contributed by atoms with E-state index in [1.54, 1.807) is 4.90 Å². The van der Waals surface area contributed by atoms with E-state index in [0.717, 1.165) is 13.1 Å². The van der Waals surface area contributed by atoms with Gasteiger partial charge in [-0.25, -0.2) is 0 Å². The number of alkyl halides is 3. The monoisotopic (exact) mass is 242 g/mol. The molecule has 7 heteroatoms. The molecule has 1 aliphatic rings. The lowest BCUT2D eigenvalue weighted by molar-refractivity contribution is -0.128. The van der Waals surface area contributed by atoms with E-state index in [1.807, 2.05) is 0 Å². The molecule has 0 aliphatic carbocycles. The fraction of sp³-hybridized carbons (Fsp3) is 0.875. The molecule has 0 aromatic carbocycles. The molecule has 0 radical (unpaired) electrons. The van der Waals surface area contributed by atoms with Crippen molar-refractivity contribution >= 4 is 17.7 Å². The summed E-state index contributed by atoms with van der Waals surface area (Å²) in [4.78, 5) is 13.0. The first-order valence-electron chi connectivity index (χ1n) is 4.62. The lowest BCUT2D eigenvalue weighted by atomic mass is 10.3. The Balaban J connectivity index is 2.17. The molecular formula is C8H13F3N2OS. The Bertz CT molecular complexity index is 216. The lowest BCUT2D eigenvalue weighted by Crippen LogP contribution is -2.47. The molecule has 88 valence electrons. The summed E-state index contributed by atoms with van der Waals surface area (Å²) < 4.78 is 35.4. The van der Waals surface area contributed by atoms with Gasteiger partial charge in [0.1, 0.15) is 0 Å². The second kappa shape index (κ2) is 5.60. The average Bonchev–Trinajstić information content (AvgIpc) is 2.17. The number of rotatable bonds is 3. The van der Waals surface area contributed by atoms with Crippen molar-refractivity contribution in [2.75, 3.05) is 37.7 Å². The van der Waals surface area contributed by atoms with Crippen molar-refractivity contribution in [2.24, 2.45) is 0 Å². The number of halogens is 3. The van der Waals surface area contributed by atoms with Crippen LogP contribution in [0.15, 0.2) is 0 Å². The van der Waals surface area contributed by atoms with Crippen molar-refractivity contribution < 1.29 is 18.0 Å². The van der Waals surface area contributed by atoms with E-state index in [4.69, 9.17) is 0 Å². The number of nitrogens with one attached hydrogen (secondary N) is 1. The van der Waals surface area contributed by atoms with Crippen LogP contribution in [0.4, 0.5) is 13.2 Å². The predicted octanol–water partition coefficient (Wildman–Crippen LogP) is 0.714. The highest BCUT2D eigenvalue weighted by atomic mass is 32.2. The van der Waals surface area contributed by atoms with Crippen LogP contribution in [-0.2, 0) is 4.79 Å². The SMILES string of the molecule is O=C(CSCC(F)(F)F)N1CCNCC1. The number of thioether (sulfide) groups is 1. The number of carbonyl (C=O) groups is 1. The van der Waals surface area contributed by atoms with Gasteiger partial charge in [-0.05, 0) is 0 Å². The number of carbonyl (C=O) groups excluding carboxylic acids is 1. The molecule has 0 unspecified atom stereocenters. The molecule has 1 amide bonds. The second-order valence-electron chi connectivity index (χ2n) is 3.24. The maximum atomic E-state index is 11.8. The topological polar surface area (TPSA) is 32.3 Å². The molecule has 1 rings (SSSR count). The zero-order valence-corrected chi connectivity index (χ0v) is 8.96. The highest BCUT2D eigenvalue weighted by Crippen LogP contribution is 2.21. The third-order valence-electron chi connectivity index (χ3n) is 1.96. The quantitative estimate of drug-likeness (QED) is 0.791. The minimum atomic E-state index is -4.19. The molecule has 15 heavy (non-hydrogen) atoms. The summed E-state index contributed by atoms with van der Waals surface area (Å²) in [6.07, 6.45) is -4.19. The molecule has 1 saturated heterocycles. The van der Waals surface area contributed by atoms with E-state index in [9.17, 15) is 18.0 Å². The van der Waals surface area contributed by atoms with Crippen LogP contribution < -0.4 is 5.32 Å². The maximum absolute atomic E-state index is 11.8. The van der Waals surface area contributed by atoms with Gasteiger partial charge in [-0.3, -0.25) is 4.79 Å². The molecule has 0 atom stereocenters. The predicted molar refractivity (Wildman–Crippen MR) is 52.8 cm³/mol. The van der Waals surface area contributed by atoms with Crippen molar-refractivity contribution in [1.29, 1.82) is 0 Å². The Labute approximate surface area is 90.4 Å². The van der Waals surface area contributed by atoms with Crippen molar-refractivity contribution in [1.82, 2.24) is 10.2 Å². The number of hydrogen-bond donors (Lipinski definition) is 1. The molecule has 1 fully saturated rings. The smallest absolute Gasteiger partial charge is 0.339 e. The summed E-state index contributed by atoms with van der Waals surface area (Å²) in [5.41, 5.74) is 0. The van der Waals surface area contributed by atoms with Gasteiger partial charge in [0.15, 0.2) is 0 Å². The fourth-order valence-corrected chi connectivity index (χ4v) is 1.95. The van der Waals surface area contributed by atoms with E-state index in [2.05, 4.69) is 5.32 Å². The van der Waals surface area contributed by atoms with Crippen molar-refractivity contribution in [3.63, 3.8) is 0 Å². The first-order chi connectivity index (χ1) is 6.99. The Kier molecular flexibility index (Phi) is 4.72. The van der Waals surface area contributed by atoms with Crippen LogP contribution in [0, 0.1) is 0 Å². The molecule has 1 N–H and O–H groups in total. The molecule has 3 nitrogen and oxygen atoms in total. The summed E-state index contributed by atoms with van der Waals surface area (Å²) in [6.45, 7) is 2.61. The van der Waals surface area contributed by atoms with Gasteiger partial charge in [-0.1, -0.05) is 0 Å². The maximum Gasteiger partial charge on any atom is 0.397 e. The zero-order valence-electron chi connectivity index (χ0n) is 8.14. The summed E-state index contributed by atoms with van der Waals surface area (Å²) in [5, 5.41) is 3.07. The van der Waals surface area contributed by atoms with Crippen LogP contribution in [0.25, 0.3) is 0 Å². The van der Waals surface area contributed by atoms with Gasteiger partial charge in [0.25, 0.3) is 0 Å². The fourth-order valence-electron chi connectivity index (χ4n) is 1.26. The Hall–Kier alpha value is -0.430. The normalized spacial score (nSPS) is 17.9. The number of nitrogens with zero attached hydrogens (tertiary/aromatic N) is 1. The van der Waals surface area contributed by atoms with E-state index < -0.39 is 11.9 Å². The van der Waals surface area contributed by atoms with Crippen LogP contribution in [-0.4, -0.2) is 54.7 Å². The third-order valence-corrected chi connectivity index (χ3v) is 2.94. The van der Waals surface area contributed by atoms with E-state index >= 15 is 0 Å². The molecule has 0 aromatic heterocycles. The van der Waals surface area contributed by atoms with Crippen LogP contribution in [0.1, 0.15) is 0 Å². The van der Waals surface area contributed by atoms with Gasteiger partial charge >= 0.3 is 6.18 Å². The summed E-state index contributed by atoms with van der Waals surface area (Å²) in [6, 6.07) is 0. The van der Waals surface area contributed by atoms with Gasteiger partial charge in [0.05, 0.1) is 11.5 Å². The summed E-state index contributed by atoms with van der Waals surface area (Å²) in [5.74, 6) is -1.24. The van der Waals surface area contributed by atoms with Gasteiger partial charge in [0, 0.05) is 26.2 Å². The van der Waals surface area contributed by atoms with E-state index in [0.29, 0.717) is 24.9 Å². The molecule has 0 spiro atoms. The summed E-state index contributed by atoms with van der Waals surface area (Å²) >= 11 is 0.625. The summed E-state index contributed by atoms with van der Waals surface area (Å²) in [7, 11) is 0. The highest BCUT2D eigenvalue weighted by molar-refractivity contribution is 8.00. The molecular weight excluding hydrogens is 229 g/mol. The van der Waals surface area contributed by atoms with Crippen molar-refractivity contribution in [3.8, 4) is 0 Å². The van der Waals surface area contributed by atoms with Gasteiger partial charge in [0.2, 0.25) is 5.91 Å². The number of hydrogen-bond acceptors (Lipinski definition) is 3. The minimum absolute atomic E-state index is 0.0838. The number of amides is 1. The van der Waals surface area contributed by atoms with Crippen LogP contribution in [0.2, 0.25) is 0 Å². The first kappa shape index (κ1) is 12.6. The molecule has 0 aromatic rings. The third kappa shape index (κ3) is 5.27. The molecule has 1 aliphatic heterocycles. The lowest BCUT2D eigenvalue weighted by Gasteiger charge is -2.27. The second-order valence-corrected chi connectivity index (χ2v) is 4.22. The van der Waals surface area contributed by atoms with Crippen LogP contribution in [0.5, 0.6) is 0 Å². The minimum Gasteiger partial charge on any atom is -0.339 e. The Morgan fingerprint density at radius 3 is 2.47 bits per heavy atom. The van der Waals surface area contributed by atoms with Crippen molar-refractivity contribution in [3.05, 3.63) is 0 Å². The Morgan fingerprint density at radius 1 is 1.33 bits per heavy atom. The zero-order chi connectivity index (χ0) is 11.3. The van der Waals surface area contributed by atoms with E-state index in [-0.39, 0.29) is 11.7 Å². The first-order valence-corrected chi connectivity index (χ1v) is 5.77. The molecule has 0 saturated carbocycles. The number of piperazine rings is 1. The van der Waals surface area contributed by atoms with Gasteiger partial charge < -0.3 is 10.2 Å². The average molecular weight is 242 g/mol. The largest absolute Gasteiger partial charge is 0.397 e.